The lowest BCUT2D eigenvalue weighted by molar-refractivity contribution is 0.488. The van der Waals surface area contributed by atoms with Gasteiger partial charge in [0.25, 0.3) is 0 Å². The van der Waals surface area contributed by atoms with E-state index in [4.69, 9.17) is 0 Å². The zero-order valence-corrected chi connectivity index (χ0v) is 7.16. The highest BCUT2D eigenvalue weighted by molar-refractivity contribution is 5.26. The van der Waals surface area contributed by atoms with Crippen molar-refractivity contribution >= 4 is 0 Å². The van der Waals surface area contributed by atoms with Gasteiger partial charge < -0.3 is 0 Å². The molecule has 0 amide bonds. The molecule has 2 aliphatic carbocycles. The Morgan fingerprint density at radius 1 is 1.17 bits per heavy atom. The molecule has 62 valence electrons. The van der Waals surface area contributed by atoms with E-state index in [-0.39, 0.29) is 0 Å². The molecule has 1 nitrogen and oxygen atoms in total. The Morgan fingerprint density at radius 3 is 2.83 bits per heavy atom. The van der Waals surface area contributed by atoms with E-state index >= 15 is 0 Å². The van der Waals surface area contributed by atoms with Crippen LogP contribution in [0.2, 0.25) is 0 Å². The van der Waals surface area contributed by atoms with Crippen LogP contribution in [-0.4, -0.2) is 4.98 Å². The summed E-state index contributed by atoms with van der Waals surface area (Å²) in [6.07, 6.45) is 7.42. The number of aromatic nitrogens is 1. The zero-order valence-electron chi connectivity index (χ0n) is 7.16. The normalized spacial score (nSPS) is 27.2. The molecule has 1 heterocycles. The van der Waals surface area contributed by atoms with Crippen molar-refractivity contribution in [2.75, 3.05) is 0 Å². The van der Waals surface area contributed by atoms with E-state index in [9.17, 15) is 0 Å². The van der Waals surface area contributed by atoms with Gasteiger partial charge in [-0.2, -0.15) is 0 Å². The van der Waals surface area contributed by atoms with E-state index < -0.39 is 0 Å². The molecule has 0 spiro atoms. The van der Waals surface area contributed by atoms with Crippen molar-refractivity contribution in [1.82, 2.24) is 4.98 Å². The molecule has 1 saturated carbocycles. The van der Waals surface area contributed by atoms with Crippen LogP contribution < -0.4 is 0 Å². The van der Waals surface area contributed by atoms with E-state index in [0.29, 0.717) is 0 Å². The maximum Gasteiger partial charge on any atom is 0.0438 e. The molecule has 2 aliphatic rings. The van der Waals surface area contributed by atoms with Gasteiger partial charge in [-0.25, -0.2) is 0 Å². The zero-order chi connectivity index (χ0) is 7.97. The average Bonchev–Trinajstić information content (AvgIpc) is 2.85. The summed E-state index contributed by atoms with van der Waals surface area (Å²) in [6.45, 7) is 0. The Balaban J connectivity index is 1.89. The van der Waals surface area contributed by atoms with Crippen molar-refractivity contribution in [1.29, 1.82) is 0 Å². The Labute approximate surface area is 72.8 Å². The SMILES string of the molecule is c1cnc2c(c1)C[C@H](C1CC1)C2. The quantitative estimate of drug-likeness (QED) is 0.612. The smallest absolute Gasteiger partial charge is 0.0438 e. The molecule has 1 atom stereocenters. The first-order valence-corrected chi connectivity index (χ1v) is 4.86. The molecule has 1 aromatic rings. The molecule has 0 bridgehead atoms. The summed E-state index contributed by atoms with van der Waals surface area (Å²) in [5, 5.41) is 0. The molecule has 0 unspecified atom stereocenters. The molecule has 1 heteroatoms. The van der Waals surface area contributed by atoms with Crippen LogP contribution in [0.15, 0.2) is 18.3 Å². The first-order chi connectivity index (χ1) is 5.93. The van der Waals surface area contributed by atoms with Crippen LogP contribution in [0, 0.1) is 11.8 Å². The number of nitrogens with zero attached hydrogens (tertiary/aromatic N) is 1. The van der Waals surface area contributed by atoms with E-state index in [2.05, 4.69) is 17.1 Å². The van der Waals surface area contributed by atoms with Gasteiger partial charge in [0.1, 0.15) is 0 Å². The highest BCUT2D eigenvalue weighted by Crippen LogP contribution is 2.43. The van der Waals surface area contributed by atoms with Crippen LogP contribution in [0.1, 0.15) is 24.1 Å². The molecule has 12 heavy (non-hydrogen) atoms. The average molecular weight is 159 g/mol. The van der Waals surface area contributed by atoms with Crippen LogP contribution in [0.5, 0.6) is 0 Å². The maximum absolute atomic E-state index is 4.42. The Kier molecular flexibility index (Phi) is 1.28. The van der Waals surface area contributed by atoms with Crippen LogP contribution in [-0.2, 0) is 12.8 Å². The third kappa shape index (κ3) is 0.961. The third-order valence-corrected chi connectivity index (χ3v) is 3.21. The molecular weight excluding hydrogens is 146 g/mol. The van der Waals surface area contributed by atoms with Crippen molar-refractivity contribution in [3.8, 4) is 0 Å². The lowest BCUT2D eigenvalue weighted by atomic mass is 10.0. The van der Waals surface area contributed by atoms with E-state index in [1.807, 2.05) is 6.20 Å². The summed E-state index contributed by atoms with van der Waals surface area (Å²) in [4.78, 5) is 4.42. The van der Waals surface area contributed by atoms with Crippen molar-refractivity contribution in [2.45, 2.75) is 25.7 Å². The van der Waals surface area contributed by atoms with Crippen LogP contribution >= 0.6 is 0 Å². The molecule has 0 aliphatic heterocycles. The van der Waals surface area contributed by atoms with E-state index in [1.165, 1.54) is 36.9 Å². The van der Waals surface area contributed by atoms with Gasteiger partial charge in [0.05, 0.1) is 0 Å². The fraction of sp³-hybridized carbons (Fsp3) is 0.545. The lowest BCUT2D eigenvalue weighted by Crippen LogP contribution is -2.01. The molecule has 3 rings (SSSR count). The fourth-order valence-electron chi connectivity index (χ4n) is 2.34. The van der Waals surface area contributed by atoms with Gasteiger partial charge in [-0.15, -0.1) is 0 Å². The van der Waals surface area contributed by atoms with Gasteiger partial charge in [-0.05, 0) is 49.1 Å². The van der Waals surface area contributed by atoms with Crippen LogP contribution in [0.3, 0.4) is 0 Å². The number of pyridine rings is 1. The summed E-state index contributed by atoms with van der Waals surface area (Å²) in [5.74, 6) is 1.98. The molecular formula is C11H13N. The largest absolute Gasteiger partial charge is 0.261 e. The standard InChI is InChI=1S/C11H13N/c1-2-9-6-10(8-3-4-8)7-11(9)12-5-1/h1-2,5,8,10H,3-4,6-7H2/t10-/m0/s1. The van der Waals surface area contributed by atoms with Gasteiger partial charge in [-0.1, -0.05) is 6.07 Å². The Morgan fingerprint density at radius 2 is 2.08 bits per heavy atom. The minimum absolute atomic E-state index is 0.940. The van der Waals surface area contributed by atoms with Gasteiger partial charge in [0, 0.05) is 11.9 Å². The molecule has 0 saturated heterocycles. The lowest BCUT2D eigenvalue weighted by Gasteiger charge is -2.03. The summed E-state index contributed by atoms with van der Waals surface area (Å²) >= 11 is 0. The number of fused-ring (bicyclic) bond motifs is 1. The summed E-state index contributed by atoms with van der Waals surface area (Å²) < 4.78 is 0. The highest BCUT2D eigenvalue weighted by atomic mass is 14.7. The Bertz CT molecular complexity index is 277. The second-order valence-electron chi connectivity index (χ2n) is 4.11. The van der Waals surface area contributed by atoms with Gasteiger partial charge in [0.2, 0.25) is 0 Å². The first-order valence-electron chi connectivity index (χ1n) is 4.86. The monoisotopic (exact) mass is 159 g/mol. The second-order valence-corrected chi connectivity index (χ2v) is 4.11. The third-order valence-electron chi connectivity index (χ3n) is 3.21. The fourth-order valence-corrected chi connectivity index (χ4v) is 2.34. The molecule has 1 aromatic heterocycles. The maximum atomic E-state index is 4.42. The predicted octanol–water partition coefficient (Wildman–Crippen LogP) is 2.21. The van der Waals surface area contributed by atoms with Crippen LogP contribution in [0.4, 0.5) is 0 Å². The van der Waals surface area contributed by atoms with Gasteiger partial charge in [0.15, 0.2) is 0 Å². The van der Waals surface area contributed by atoms with Crippen molar-refractivity contribution in [3.05, 3.63) is 29.6 Å². The topological polar surface area (TPSA) is 12.9 Å². The summed E-state index contributed by atoms with van der Waals surface area (Å²) in [6, 6.07) is 4.30. The Hall–Kier alpha value is -0.850. The van der Waals surface area contributed by atoms with Crippen LogP contribution in [0.25, 0.3) is 0 Å². The van der Waals surface area contributed by atoms with E-state index in [1.54, 1.807) is 0 Å². The van der Waals surface area contributed by atoms with Crippen molar-refractivity contribution < 1.29 is 0 Å². The number of hydrogen-bond acceptors (Lipinski definition) is 1. The molecule has 0 radical (unpaired) electrons. The van der Waals surface area contributed by atoms with E-state index in [0.717, 1.165) is 11.8 Å². The molecule has 0 N–H and O–H groups in total. The molecule has 1 fully saturated rings. The minimum Gasteiger partial charge on any atom is -0.261 e. The predicted molar refractivity (Wildman–Crippen MR) is 47.9 cm³/mol. The summed E-state index contributed by atoms with van der Waals surface area (Å²) in [5.41, 5.74) is 2.88. The number of hydrogen-bond donors (Lipinski definition) is 0. The summed E-state index contributed by atoms with van der Waals surface area (Å²) in [7, 11) is 0. The molecule has 0 aromatic carbocycles. The minimum atomic E-state index is 0.940. The highest BCUT2D eigenvalue weighted by Gasteiger charge is 2.35. The second kappa shape index (κ2) is 2.32. The van der Waals surface area contributed by atoms with Crippen molar-refractivity contribution in [2.24, 2.45) is 11.8 Å². The van der Waals surface area contributed by atoms with Gasteiger partial charge >= 0.3 is 0 Å². The van der Waals surface area contributed by atoms with Crippen molar-refractivity contribution in [3.63, 3.8) is 0 Å². The first kappa shape index (κ1) is 6.64. The number of rotatable bonds is 1. The van der Waals surface area contributed by atoms with Gasteiger partial charge in [-0.3, -0.25) is 4.98 Å².